The van der Waals surface area contributed by atoms with Crippen LogP contribution in [0, 0.1) is 6.92 Å². The number of nitrogens with one attached hydrogen (secondary N) is 1. The van der Waals surface area contributed by atoms with Gasteiger partial charge in [-0.2, -0.15) is 0 Å². The van der Waals surface area contributed by atoms with Crippen molar-refractivity contribution in [2.75, 3.05) is 31.1 Å². The second-order valence-corrected chi connectivity index (χ2v) is 8.10. The van der Waals surface area contributed by atoms with Gasteiger partial charge in [0, 0.05) is 26.5 Å². The van der Waals surface area contributed by atoms with E-state index in [4.69, 9.17) is 23.2 Å². The quantitative estimate of drug-likeness (QED) is 0.692. The molecule has 0 atom stereocenters. The zero-order valence-corrected chi connectivity index (χ0v) is 16.8. The molecule has 0 aliphatic carbocycles. The van der Waals surface area contributed by atoms with E-state index in [9.17, 15) is 5.11 Å². The third-order valence-electron chi connectivity index (χ3n) is 5.47. The maximum absolute atomic E-state index is 10.7. The maximum Gasteiger partial charge on any atom is 0.132 e. The summed E-state index contributed by atoms with van der Waals surface area (Å²) in [5, 5.41) is 13.9. The number of rotatable bonds is 3. The van der Waals surface area contributed by atoms with Crippen molar-refractivity contribution < 1.29 is 10.0 Å². The average molecular weight is 402 g/mol. The van der Waals surface area contributed by atoms with Gasteiger partial charge in [0.15, 0.2) is 0 Å². The zero-order chi connectivity index (χ0) is 19.0. The summed E-state index contributed by atoms with van der Waals surface area (Å²) in [6, 6.07) is 15.7. The van der Waals surface area contributed by atoms with Crippen LogP contribution in [-0.4, -0.2) is 31.3 Å². The Morgan fingerprint density at radius 1 is 1.00 bits per heavy atom. The molecule has 0 amide bonds. The summed E-state index contributed by atoms with van der Waals surface area (Å²) < 4.78 is 0. The minimum Gasteiger partial charge on any atom is -0.507 e. The largest absolute Gasteiger partial charge is 0.507 e. The van der Waals surface area contributed by atoms with Gasteiger partial charge < -0.3 is 14.9 Å². The second kappa shape index (κ2) is 7.59. The molecule has 0 saturated carbocycles. The van der Waals surface area contributed by atoms with Crippen LogP contribution in [0.5, 0.6) is 5.75 Å². The zero-order valence-electron chi connectivity index (χ0n) is 15.3. The van der Waals surface area contributed by atoms with Gasteiger partial charge >= 0.3 is 0 Å². The molecule has 5 heteroatoms. The van der Waals surface area contributed by atoms with E-state index < -0.39 is 0 Å². The number of benzene rings is 3. The van der Waals surface area contributed by atoms with Crippen LogP contribution >= 0.6 is 23.2 Å². The number of piperazine rings is 1. The molecule has 0 bridgehead atoms. The maximum atomic E-state index is 10.7. The minimum absolute atomic E-state index is 0.357. The molecule has 0 unspecified atom stereocenters. The second-order valence-electron chi connectivity index (χ2n) is 7.26. The van der Waals surface area contributed by atoms with E-state index in [0.717, 1.165) is 54.1 Å². The molecular formula is C22H23Cl2N2O+. The first-order valence-corrected chi connectivity index (χ1v) is 10.0. The Morgan fingerprint density at radius 2 is 1.70 bits per heavy atom. The fourth-order valence-corrected chi connectivity index (χ4v) is 4.40. The van der Waals surface area contributed by atoms with Crippen molar-refractivity contribution in [1.82, 2.24) is 0 Å². The lowest BCUT2D eigenvalue weighted by atomic mass is 10.0. The summed E-state index contributed by atoms with van der Waals surface area (Å²) in [4.78, 5) is 3.85. The molecule has 2 N–H and O–H groups in total. The predicted molar refractivity (Wildman–Crippen MR) is 113 cm³/mol. The van der Waals surface area contributed by atoms with Crippen molar-refractivity contribution in [3.63, 3.8) is 0 Å². The number of halogens is 2. The SMILES string of the molecule is Cc1ccc(Cl)cc1N1CC[NH+](Cc2cc(Cl)c3ccccc3c2O)CC1. The van der Waals surface area contributed by atoms with E-state index in [1.54, 1.807) is 0 Å². The van der Waals surface area contributed by atoms with E-state index in [2.05, 4.69) is 24.0 Å². The number of aryl methyl sites for hydroxylation is 1. The smallest absolute Gasteiger partial charge is 0.132 e. The van der Waals surface area contributed by atoms with Gasteiger partial charge in [0.1, 0.15) is 12.3 Å². The molecule has 0 radical (unpaired) electrons. The van der Waals surface area contributed by atoms with Gasteiger partial charge in [0.2, 0.25) is 0 Å². The van der Waals surface area contributed by atoms with Crippen molar-refractivity contribution in [3.05, 3.63) is 69.7 Å². The van der Waals surface area contributed by atoms with E-state index in [-0.39, 0.29) is 0 Å². The lowest BCUT2D eigenvalue weighted by Gasteiger charge is -2.34. The number of anilines is 1. The first kappa shape index (κ1) is 18.4. The van der Waals surface area contributed by atoms with E-state index in [0.29, 0.717) is 10.8 Å². The highest BCUT2D eigenvalue weighted by Crippen LogP contribution is 2.34. The van der Waals surface area contributed by atoms with Gasteiger partial charge in [-0.05, 0) is 30.7 Å². The Morgan fingerprint density at radius 3 is 2.44 bits per heavy atom. The molecule has 3 nitrogen and oxygen atoms in total. The van der Waals surface area contributed by atoms with E-state index >= 15 is 0 Å². The highest BCUT2D eigenvalue weighted by Gasteiger charge is 2.23. The summed E-state index contributed by atoms with van der Waals surface area (Å²) in [6.07, 6.45) is 0. The first-order chi connectivity index (χ1) is 13.0. The Bertz CT molecular complexity index is 981. The van der Waals surface area contributed by atoms with Crippen LogP contribution in [0.3, 0.4) is 0 Å². The molecule has 1 aliphatic rings. The first-order valence-electron chi connectivity index (χ1n) is 9.26. The highest BCUT2D eigenvalue weighted by molar-refractivity contribution is 6.35. The lowest BCUT2D eigenvalue weighted by molar-refractivity contribution is -0.914. The number of hydrogen-bond donors (Lipinski definition) is 2. The molecule has 1 fully saturated rings. The Hall–Kier alpha value is -1.94. The molecule has 27 heavy (non-hydrogen) atoms. The lowest BCUT2D eigenvalue weighted by Crippen LogP contribution is -3.13. The van der Waals surface area contributed by atoms with Gasteiger partial charge in [-0.1, -0.05) is 53.5 Å². The van der Waals surface area contributed by atoms with Crippen molar-refractivity contribution in [2.24, 2.45) is 0 Å². The molecule has 140 valence electrons. The molecule has 0 aromatic heterocycles. The predicted octanol–water partition coefficient (Wildman–Crippen LogP) is 4.07. The van der Waals surface area contributed by atoms with Crippen LogP contribution < -0.4 is 9.80 Å². The van der Waals surface area contributed by atoms with Crippen LogP contribution in [-0.2, 0) is 6.54 Å². The van der Waals surface area contributed by atoms with Crippen LogP contribution in [0.1, 0.15) is 11.1 Å². The normalized spacial score (nSPS) is 15.4. The van der Waals surface area contributed by atoms with Crippen molar-refractivity contribution in [1.29, 1.82) is 0 Å². The van der Waals surface area contributed by atoms with Crippen molar-refractivity contribution in [2.45, 2.75) is 13.5 Å². The third-order valence-corrected chi connectivity index (χ3v) is 6.02. The number of phenols is 1. The summed E-state index contributed by atoms with van der Waals surface area (Å²) in [5.41, 5.74) is 3.39. The van der Waals surface area contributed by atoms with Gasteiger partial charge in [0.05, 0.1) is 31.7 Å². The molecule has 0 spiro atoms. The van der Waals surface area contributed by atoms with E-state index in [1.807, 2.05) is 36.4 Å². The molecule has 1 heterocycles. The Balaban J connectivity index is 1.49. The van der Waals surface area contributed by atoms with Gasteiger partial charge in [-0.3, -0.25) is 0 Å². The fourth-order valence-electron chi connectivity index (χ4n) is 3.94. The van der Waals surface area contributed by atoms with Crippen LogP contribution in [0.15, 0.2) is 48.5 Å². The average Bonchev–Trinajstić information content (AvgIpc) is 2.68. The molecule has 1 saturated heterocycles. The number of phenolic OH excluding ortho intramolecular Hbond substituents is 1. The number of quaternary nitrogens is 1. The molecule has 4 rings (SSSR count). The van der Waals surface area contributed by atoms with Gasteiger partial charge in [0.25, 0.3) is 0 Å². The van der Waals surface area contributed by atoms with Gasteiger partial charge in [-0.15, -0.1) is 0 Å². The Labute approximate surface area is 169 Å². The topological polar surface area (TPSA) is 27.9 Å². The number of nitrogens with zero attached hydrogens (tertiary/aromatic N) is 1. The number of aromatic hydroxyl groups is 1. The summed E-state index contributed by atoms with van der Waals surface area (Å²) in [5.74, 6) is 0.357. The van der Waals surface area contributed by atoms with Gasteiger partial charge in [-0.25, -0.2) is 0 Å². The van der Waals surface area contributed by atoms with Crippen LogP contribution in [0.25, 0.3) is 10.8 Å². The van der Waals surface area contributed by atoms with Crippen LogP contribution in [0.2, 0.25) is 10.0 Å². The standard InChI is InChI=1S/C22H22Cl2N2O/c1-15-6-7-17(23)13-21(15)26-10-8-25(9-11-26)14-16-12-20(24)18-4-2-3-5-19(18)22(16)27/h2-7,12-13,27H,8-11,14H2,1H3/p+1. The molecular weight excluding hydrogens is 379 g/mol. The molecule has 3 aromatic rings. The van der Waals surface area contributed by atoms with E-state index in [1.165, 1.54) is 16.2 Å². The monoisotopic (exact) mass is 401 g/mol. The Kier molecular flexibility index (Phi) is 5.18. The summed E-state index contributed by atoms with van der Waals surface area (Å²) in [7, 11) is 0. The number of hydrogen-bond acceptors (Lipinski definition) is 2. The summed E-state index contributed by atoms with van der Waals surface area (Å²) >= 11 is 12.6. The number of fused-ring (bicyclic) bond motifs is 1. The third kappa shape index (κ3) is 3.73. The van der Waals surface area contributed by atoms with Crippen molar-refractivity contribution in [3.8, 4) is 5.75 Å². The highest BCUT2D eigenvalue weighted by atomic mass is 35.5. The molecule has 3 aromatic carbocycles. The van der Waals surface area contributed by atoms with Crippen LogP contribution in [0.4, 0.5) is 5.69 Å². The van der Waals surface area contributed by atoms with Crippen molar-refractivity contribution >= 4 is 39.7 Å². The minimum atomic E-state index is 0.357. The summed E-state index contributed by atoms with van der Waals surface area (Å²) in [6.45, 7) is 6.86. The fraction of sp³-hybridized carbons (Fsp3) is 0.273. The molecule has 1 aliphatic heterocycles.